The van der Waals surface area contributed by atoms with Gasteiger partial charge < -0.3 is 5.32 Å². The minimum absolute atomic E-state index is 0.218. The van der Waals surface area contributed by atoms with Gasteiger partial charge in [-0.3, -0.25) is 0 Å². The average Bonchev–Trinajstić information content (AvgIpc) is 2.87. The summed E-state index contributed by atoms with van der Waals surface area (Å²) in [5.74, 6) is -0.755. The van der Waals surface area contributed by atoms with Gasteiger partial charge in [0.1, 0.15) is 11.6 Å². The van der Waals surface area contributed by atoms with Crippen molar-refractivity contribution in [3.8, 4) is 0 Å². The van der Waals surface area contributed by atoms with E-state index in [1.165, 1.54) is 21.9 Å². The monoisotopic (exact) mass is 311 g/mol. The third-order valence-corrected chi connectivity index (χ3v) is 5.80. The maximum absolute atomic E-state index is 13.6. The molecule has 1 nitrogen and oxygen atoms in total. The van der Waals surface area contributed by atoms with Crippen molar-refractivity contribution in [2.75, 3.05) is 0 Å². The second-order valence-corrected chi connectivity index (χ2v) is 7.62. The van der Waals surface area contributed by atoms with Gasteiger partial charge >= 0.3 is 0 Å². The number of hydrogen-bond acceptors (Lipinski definition) is 3. The zero-order valence-electron chi connectivity index (χ0n) is 11.0. The van der Waals surface area contributed by atoms with Crippen molar-refractivity contribution in [2.24, 2.45) is 0 Å². The largest absolute Gasteiger partial charge is 0.306 e. The molecule has 0 saturated heterocycles. The Morgan fingerprint density at radius 2 is 2.15 bits per heavy atom. The molecule has 1 aliphatic rings. The molecule has 0 radical (unpaired) electrons. The summed E-state index contributed by atoms with van der Waals surface area (Å²) in [5.41, 5.74) is 1.67. The smallest absolute Gasteiger partial charge is 0.127 e. The van der Waals surface area contributed by atoms with E-state index in [9.17, 15) is 8.78 Å². The molecule has 1 unspecified atom stereocenters. The first-order valence-corrected chi connectivity index (χ1v) is 8.31. The summed E-state index contributed by atoms with van der Waals surface area (Å²) in [6.07, 6.45) is 1.01. The van der Waals surface area contributed by atoms with Gasteiger partial charge in [-0.15, -0.1) is 23.1 Å². The molecule has 3 rings (SSSR count). The second-order valence-electron chi connectivity index (χ2n) is 5.00. The predicted molar refractivity (Wildman–Crippen MR) is 80.2 cm³/mol. The quantitative estimate of drug-likeness (QED) is 0.878. The summed E-state index contributed by atoms with van der Waals surface area (Å²) in [6.45, 7) is 2.55. The van der Waals surface area contributed by atoms with E-state index in [4.69, 9.17) is 0 Å². The Morgan fingerprint density at radius 1 is 1.30 bits per heavy atom. The highest BCUT2D eigenvalue weighted by atomic mass is 32.2. The lowest BCUT2D eigenvalue weighted by Gasteiger charge is -2.27. The van der Waals surface area contributed by atoms with Crippen LogP contribution in [0.1, 0.15) is 30.5 Å². The highest BCUT2D eigenvalue weighted by Crippen LogP contribution is 2.43. The lowest BCUT2D eigenvalue weighted by molar-refractivity contribution is 0.476. The lowest BCUT2D eigenvalue weighted by Crippen LogP contribution is -2.26. The topological polar surface area (TPSA) is 12.0 Å². The van der Waals surface area contributed by atoms with Gasteiger partial charge in [0.2, 0.25) is 0 Å². The maximum atomic E-state index is 13.6. The first-order chi connectivity index (χ1) is 9.63. The highest BCUT2D eigenvalue weighted by Gasteiger charge is 2.26. The number of hydrogen-bond donors (Lipinski definition) is 1. The molecule has 2 atom stereocenters. The molecule has 2 aromatic rings. The van der Waals surface area contributed by atoms with Gasteiger partial charge in [-0.05, 0) is 41.6 Å². The zero-order chi connectivity index (χ0) is 14.1. The summed E-state index contributed by atoms with van der Waals surface area (Å²) in [5, 5.41) is 5.99. The van der Waals surface area contributed by atoms with Gasteiger partial charge in [-0.1, -0.05) is 6.92 Å². The fourth-order valence-corrected chi connectivity index (χ4v) is 5.02. The zero-order valence-corrected chi connectivity index (χ0v) is 12.7. The number of rotatable bonds is 3. The van der Waals surface area contributed by atoms with Crippen molar-refractivity contribution in [1.29, 1.82) is 0 Å². The van der Waals surface area contributed by atoms with Crippen LogP contribution < -0.4 is 5.32 Å². The van der Waals surface area contributed by atoms with Crippen LogP contribution in [-0.4, -0.2) is 5.25 Å². The Morgan fingerprint density at radius 3 is 3.00 bits per heavy atom. The van der Waals surface area contributed by atoms with E-state index < -0.39 is 5.82 Å². The van der Waals surface area contributed by atoms with Gasteiger partial charge in [0.15, 0.2) is 0 Å². The average molecular weight is 311 g/mol. The molecule has 5 heteroatoms. The van der Waals surface area contributed by atoms with Crippen LogP contribution in [0.2, 0.25) is 0 Å². The highest BCUT2D eigenvalue weighted by molar-refractivity contribution is 8.01. The molecule has 0 fully saturated rings. The van der Waals surface area contributed by atoms with Crippen molar-refractivity contribution in [3.63, 3.8) is 0 Å². The number of nitrogens with one attached hydrogen (secondary N) is 1. The van der Waals surface area contributed by atoms with Crippen LogP contribution in [0, 0.1) is 11.6 Å². The van der Waals surface area contributed by atoms with Crippen LogP contribution in [0.3, 0.4) is 0 Å². The number of benzene rings is 1. The SMILES string of the molecule is C[C@H]1CC(NCc2cc(F)ccc2F)c2ccsc2S1. The third kappa shape index (κ3) is 2.90. The summed E-state index contributed by atoms with van der Waals surface area (Å²) >= 11 is 3.64. The van der Waals surface area contributed by atoms with Crippen molar-refractivity contribution >= 4 is 23.1 Å². The summed E-state index contributed by atoms with van der Waals surface area (Å²) in [4.78, 5) is 0. The fourth-order valence-electron chi connectivity index (χ4n) is 2.45. The van der Waals surface area contributed by atoms with Crippen LogP contribution in [-0.2, 0) is 6.54 Å². The van der Waals surface area contributed by atoms with Crippen molar-refractivity contribution in [3.05, 3.63) is 52.4 Å². The first kappa shape index (κ1) is 14.0. The van der Waals surface area contributed by atoms with E-state index in [2.05, 4.69) is 23.7 Å². The molecule has 0 saturated carbocycles. The molecule has 1 aromatic heterocycles. The van der Waals surface area contributed by atoms with Crippen LogP contribution >= 0.6 is 23.1 Å². The van der Waals surface area contributed by atoms with E-state index in [0.717, 1.165) is 12.5 Å². The molecular weight excluding hydrogens is 296 g/mol. The molecule has 1 aliphatic heterocycles. The van der Waals surface area contributed by atoms with Gasteiger partial charge in [-0.25, -0.2) is 8.78 Å². The predicted octanol–water partition coefficient (Wildman–Crippen LogP) is 4.74. The molecule has 0 amide bonds. The Hall–Kier alpha value is -0.910. The number of thiophene rings is 1. The third-order valence-electron chi connectivity index (χ3n) is 3.46. The van der Waals surface area contributed by atoms with E-state index in [0.29, 0.717) is 17.4 Å². The molecule has 20 heavy (non-hydrogen) atoms. The van der Waals surface area contributed by atoms with Crippen LogP contribution in [0.15, 0.2) is 33.9 Å². The van der Waals surface area contributed by atoms with Crippen LogP contribution in [0.4, 0.5) is 8.78 Å². The number of thioether (sulfide) groups is 1. The maximum Gasteiger partial charge on any atom is 0.127 e. The standard InChI is InChI=1S/C15H15F2NS2/c1-9-6-14(12-4-5-19-15(12)20-9)18-8-10-7-11(16)2-3-13(10)17/h2-5,7,9,14,18H,6,8H2,1H3/t9-,14?/m0/s1. The minimum Gasteiger partial charge on any atom is -0.306 e. The lowest BCUT2D eigenvalue weighted by atomic mass is 10.0. The van der Waals surface area contributed by atoms with Gasteiger partial charge in [0.25, 0.3) is 0 Å². The Bertz CT molecular complexity index is 612. The molecule has 0 bridgehead atoms. The minimum atomic E-state index is -0.396. The van der Waals surface area contributed by atoms with Crippen molar-refractivity contribution < 1.29 is 8.78 Å². The summed E-state index contributed by atoms with van der Waals surface area (Å²) < 4.78 is 28.1. The summed E-state index contributed by atoms with van der Waals surface area (Å²) in [6, 6.07) is 5.93. The molecule has 0 aliphatic carbocycles. The van der Waals surface area contributed by atoms with Crippen molar-refractivity contribution in [1.82, 2.24) is 5.32 Å². The normalized spacial score (nSPS) is 21.8. The van der Waals surface area contributed by atoms with E-state index in [-0.39, 0.29) is 11.9 Å². The Labute approximate surface area is 125 Å². The fraction of sp³-hybridized carbons (Fsp3) is 0.333. The molecular formula is C15H15F2NS2. The van der Waals surface area contributed by atoms with Gasteiger partial charge in [0.05, 0.1) is 4.21 Å². The first-order valence-electron chi connectivity index (χ1n) is 6.55. The van der Waals surface area contributed by atoms with Crippen LogP contribution in [0.5, 0.6) is 0 Å². The van der Waals surface area contributed by atoms with Gasteiger partial charge in [0, 0.05) is 23.4 Å². The van der Waals surface area contributed by atoms with Crippen LogP contribution in [0.25, 0.3) is 0 Å². The Kier molecular flexibility index (Phi) is 4.10. The van der Waals surface area contributed by atoms with Crippen molar-refractivity contribution in [2.45, 2.75) is 35.4 Å². The molecule has 2 heterocycles. The van der Waals surface area contributed by atoms with E-state index in [1.54, 1.807) is 11.3 Å². The van der Waals surface area contributed by atoms with Gasteiger partial charge in [-0.2, -0.15) is 0 Å². The number of fused-ring (bicyclic) bond motifs is 1. The van der Waals surface area contributed by atoms with E-state index in [1.807, 2.05) is 11.8 Å². The number of halogens is 2. The molecule has 0 spiro atoms. The molecule has 1 aromatic carbocycles. The summed E-state index contributed by atoms with van der Waals surface area (Å²) in [7, 11) is 0. The molecule has 106 valence electrons. The molecule has 1 N–H and O–H groups in total. The second kappa shape index (κ2) is 5.84. The van der Waals surface area contributed by atoms with E-state index >= 15 is 0 Å². The Balaban J connectivity index is 1.74.